The predicted molar refractivity (Wildman–Crippen MR) is 101 cm³/mol. The van der Waals surface area contributed by atoms with Crippen molar-refractivity contribution < 1.29 is 18.8 Å². The number of urea groups is 1. The van der Waals surface area contributed by atoms with E-state index in [2.05, 4.69) is 5.32 Å². The molecule has 0 bridgehead atoms. The van der Waals surface area contributed by atoms with Crippen LogP contribution < -0.4 is 10.9 Å². The van der Waals surface area contributed by atoms with Gasteiger partial charge in [-0.05, 0) is 38.8 Å². The van der Waals surface area contributed by atoms with Crippen molar-refractivity contribution in [2.75, 3.05) is 13.1 Å². The van der Waals surface area contributed by atoms with Crippen molar-refractivity contribution in [2.45, 2.75) is 38.3 Å². The highest BCUT2D eigenvalue weighted by atomic mass is 16.4. The molecule has 1 N–H and O–H groups in total. The zero-order chi connectivity index (χ0) is 20.1. The second kappa shape index (κ2) is 6.47. The highest BCUT2D eigenvalue weighted by Crippen LogP contribution is 2.31. The molecule has 3 heterocycles. The second-order valence-electron chi connectivity index (χ2n) is 7.56. The molecule has 8 nitrogen and oxygen atoms in total. The molecular formula is C20H21N3O5. The maximum Gasteiger partial charge on any atom is 0.349 e. The number of nitrogens with zero attached hydrogens (tertiary/aromatic N) is 2. The average Bonchev–Trinajstić information content (AvgIpc) is 2.91. The van der Waals surface area contributed by atoms with Crippen molar-refractivity contribution in [3.05, 3.63) is 46.3 Å². The molecule has 4 amide bonds. The summed E-state index contributed by atoms with van der Waals surface area (Å²) in [6.07, 6.45) is 0.622. The molecule has 1 aromatic heterocycles. The Bertz CT molecular complexity index is 1030. The van der Waals surface area contributed by atoms with Crippen molar-refractivity contribution >= 4 is 28.8 Å². The number of fused-ring (bicyclic) bond motifs is 1. The van der Waals surface area contributed by atoms with Gasteiger partial charge in [-0.2, -0.15) is 0 Å². The van der Waals surface area contributed by atoms with Gasteiger partial charge in [0.05, 0.1) is 0 Å². The third kappa shape index (κ3) is 2.76. The van der Waals surface area contributed by atoms with Crippen molar-refractivity contribution in [3.63, 3.8) is 0 Å². The molecule has 2 aromatic rings. The van der Waals surface area contributed by atoms with E-state index in [1.165, 1.54) is 15.9 Å². The van der Waals surface area contributed by atoms with Crippen LogP contribution in [0.4, 0.5) is 4.79 Å². The van der Waals surface area contributed by atoms with Crippen LogP contribution in [0.2, 0.25) is 0 Å². The summed E-state index contributed by atoms with van der Waals surface area (Å²) in [5, 5.41) is 3.48. The lowest BCUT2D eigenvalue weighted by atomic mass is 9.87. The Morgan fingerprint density at radius 2 is 1.82 bits per heavy atom. The van der Waals surface area contributed by atoms with Crippen molar-refractivity contribution in [3.8, 4) is 0 Å². The molecule has 0 unspecified atom stereocenters. The van der Waals surface area contributed by atoms with Crippen LogP contribution in [0.3, 0.4) is 0 Å². The number of benzene rings is 1. The Hall–Kier alpha value is -3.16. The van der Waals surface area contributed by atoms with Crippen molar-refractivity contribution in [2.24, 2.45) is 0 Å². The molecule has 2 aliphatic heterocycles. The molecule has 0 radical (unpaired) electrons. The SMILES string of the molecule is CC(C)N1C(=O)NC2(CCN(C(=O)c3cc4ccccc4oc3=O)CC2)C1=O. The van der Waals surface area contributed by atoms with Gasteiger partial charge in [-0.15, -0.1) is 0 Å². The van der Waals surface area contributed by atoms with Crippen molar-refractivity contribution in [1.29, 1.82) is 0 Å². The normalized spacial score (nSPS) is 19.0. The molecule has 8 heteroatoms. The lowest BCUT2D eigenvalue weighted by Gasteiger charge is -2.37. The summed E-state index contributed by atoms with van der Waals surface area (Å²) in [6.45, 7) is 4.11. The van der Waals surface area contributed by atoms with Crippen LogP contribution in [0.15, 0.2) is 39.5 Å². The van der Waals surface area contributed by atoms with E-state index < -0.39 is 23.1 Å². The number of rotatable bonds is 2. The number of piperidine rings is 1. The van der Waals surface area contributed by atoms with Gasteiger partial charge in [0.2, 0.25) is 0 Å². The highest BCUT2D eigenvalue weighted by Gasteiger charge is 2.53. The van der Waals surface area contributed by atoms with Gasteiger partial charge >= 0.3 is 11.7 Å². The standard InChI is InChI=1S/C20H21N3O5/c1-12(2)23-18(26)20(21-19(23)27)7-9-22(10-8-20)16(24)14-11-13-5-3-4-6-15(13)28-17(14)25/h3-6,11-12H,7-10H2,1-2H3,(H,21,27). The van der Waals surface area contributed by atoms with E-state index in [-0.39, 0.29) is 30.6 Å². The molecule has 2 aliphatic rings. The minimum Gasteiger partial charge on any atom is -0.422 e. The first kappa shape index (κ1) is 18.2. The summed E-state index contributed by atoms with van der Waals surface area (Å²) in [4.78, 5) is 52.8. The highest BCUT2D eigenvalue weighted by molar-refractivity contribution is 6.07. The lowest BCUT2D eigenvalue weighted by Crippen LogP contribution is -2.56. The van der Waals surface area contributed by atoms with Gasteiger partial charge in [-0.3, -0.25) is 14.5 Å². The summed E-state index contributed by atoms with van der Waals surface area (Å²) < 4.78 is 5.25. The fraction of sp³-hybridized carbons (Fsp3) is 0.400. The predicted octanol–water partition coefficient (Wildman–Crippen LogP) is 1.73. The molecule has 1 spiro atoms. The number of nitrogens with one attached hydrogen (secondary N) is 1. The van der Waals surface area contributed by atoms with Gasteiger partial charge in [0.15, 0.2) is 0 Å². The number of imide groups is 1. The van der Waals surface area contributed by atoms with Gasteiger partial charge < -0.3 is 14.6 Å². The first-order valence-electron chi connectivity index (χ1n) is 9.30. The van der Waals surface area contributed by atoms with Crippen LogP contribution in [0.25, 0.3) is 11.0 Å². The summed E-state index contributed by atoms with van der Waals surface area (Å²) in [7, 11) is 0. The number of carbonyl (C=O) groups is 3. The molecule has 2 saturated heterocycles. The van der Waals surface area contributed by atoms with Gasteiger partial charge in [0.1, 0.15) is 16.7 Å². The smallest absolute Gasteiger partial charge is 0.349 e. The van der Waals surface area contributed by atoms with Gasteiger partial charge in [-0.1, -0.05) is 18.2 Å². The third-order valence-electron chi connectivity index (χ3n) is 5.49. The first-order chi connectivity index (χ1) is 13.3. The maximum absolute atomic E-state index is 12.9. The Balaban J connectivity index is 1.54. The van der Waals surface area contributed by atoms with E-state index in [1.54, 1.807) is 38.1 Å². The number of carbonyl (C=O) groups excluding carboxylic acids is 3. The minimum atomic E-state index is -0.966. The van der Waals surface area contributed by atoms with Gasteiger partial charge in [0, 0.05) is 24.5 Å². The monoisotopic (exact) mass is 383 g/mol. The zero-order valence-electron chi connectivity index (χ0n) is 15.7. The van der Waals surface area contributed by atoms with E-state index >= 15 is 0 Å². The first-order valence-corrected chi connectivity index (χ1v) is 9.30. The quantitative estimate of drug-likeness (QED) is 0.629. The molecule has 1 aromatic carbocycles. The Morgan fingerprint density at radius 3 is 2.46 bits per heavy atom. The van der Waals surface area contributed by atoms with E-state index in [4.69, 9.17) is 4.42 Å². The van der Waals surface area contributed by atoms with Crippen LogP contribution in [-0.2, 0) is 4.79 Å². The maximum atomic E-state index is 12.9. The molecule has 28 heavy (non-hydrogen) atoms. The molecule has 0 atom stereocenters. The van der Waals surface area contributed by atoms with Gasteiger partial charge in [0.25, 0.3) is 11.8 Å². The fourth-order valence-electron chi connectivity index (χ4n) is 3.92. The Kier molecular flexibility index (Phi) is 4.21. The number of amides is 4. The van der Waals surface area contributed by atoms with Crippen molar-refractivity contribution in [1.82, 2.24) is 15.1 Å². The number of hydrogen-bond acceptors (Lipinski definition) is 5. The van der Waals surface area contributed by atoms with Crippen LogP contribution in [-0.4, -0.2) is 52.3 Å². The summed E-state index contributed by atoms with van der Waals surface area (Å²) in [5.41, 5.74) is -1.25. The zero-order valence-corrected chi connectivity index (χ0v) is 15.7. The van der Waals surface area contributed by atoms with Crippen LogP contribution >= 0.6 is 0 Å². The molecule has 2 fully saturated rings. The van der Waals surface area contributed by atoms with Crippen LogP contribution in [0.1, 0.15) is 37.0 Å². The summed E-state index contributed by atoms with van der Waals surface area (Å²) in [6, 6.07) is 7.92. The number of likely N-dealkylation sites (tertiary alicyclic amines) is 1. The third-order valence-corrected chi connectivity index (χ3v) is 5.49. The summed E-state index contributed by atoms with van der Waals surface area (Å²) >= 11 is 0. The van der Waals surface area contributed by atoms with E-state index in [9.17, 15) is 19.2 Å². The number of hydrogen-bond donors (Lipinski definition) is 1. The Morgan fingerprint density at radius 1 is 1.14 bits per heavy atom. The van der Waals surface area contributed by atoms with E-state index in [0.717, 1.165) is 0 Å². The Labute approximate surface area is 161 Å². The molecular weight excluding hydrogens is 362 g/mol. The second-order valence-corrected chi connectivity index (χ2v) is 7.56. The molecule has 0 aliphatic carbocycles. The topological polar surface area (TPSA) is 99.9 Å². The number of para-hydroxylation sites is 1. The van der Waals surface area contributed by atoms with Gasteiger partial charge in [-0.25, -0.2) is 9.59 Å². The lowest BCUT2D eigenvalue weighted by molar-refractivity contribution is -0.133. The molecule has 146 valence electrons. The molecule has 4 rings (SSSR count). The largest absolute Gasteiger partial charge is 0.422 e. The fourth-order valence-corrected chi connectivity index (χ4v) is 3.92. The van der Waals surface area contributed by atoms with Crippen LogP contribution in [0.5, 0.6) is 0 Å². The average molecular weight is 383 g/mol. The van der Waals surface area contributed by atoms with E-state index in [1.807, 2.05) is 0 Å². The molecule has 0 saturated carbocycles. The minimum absolute atomic E-state index is 0.0276. The van der Waals surface area contributed by atoms with Crippen LogP contribution in [0, 0.1) is 0 Å². The van der Waals surface area contributed by atoms with E-state index in [0.29, 0.717) is 23.8 Å². The summed E-state index contributed by atoms with van der Waals surface area (Å²) in [5.74, 6) is -0.670.